The molecule has 10 heteroatoms. The SMILES string of the molecule is CCN(CC)C(=O)C1=C(C)N=c2s/c(=C/c3cccc(OCc4ccc(Cl)cc4Cl)c3)c(=O)n2[C@@H]1c1ccc(Cl)cc1. The molecule has 42 heavy (non-hydrogen) atoms. The first kappa shape index (κ1) is 30.1. The Labute approximate surface area is 262 Å². The molecular weight excluding hydrogens is 613 g/mol. The van der Waals surface area contributed by atoms with Crippen LogP contribution in [0.15, 0.2) is 87.8 Å². The maximum atomic E-state index is 14.0. The molecule has 2 heterocycles. The zero-order chi connectivity index (χ0) is 30.0. The van der Waals surface area contributed by atoms with Crippen LogP contribution in [0.4, 0.5) is 0 Å². The Kier molecular flexibility index (Phi) is 9.23. The summed E-state index contributed by atoms with van der Waals surface area (Å²) in [6, 6.07) is 19.4. The molecule has 0 spiro atoms. The Balaban J connectivity index is 1.55. The van der Waals surface area contributed by atoms with E-state index in [0.717, 1.165) is 16.7 Å². The minimum Gasteiger partial charge on any atom is -0.489 e. The van der Waals surface area contributed by atoms with Crippen molar-refractivity contribution >= 4 is 58.1 Å². The number of carbonyl (C=O) groups excluding carboxylic acids is 1. The predicted molar refractivity (Wildman–Crippen MR) is 170 cm³/mol. The number of allylic oxidation sites excluding steroid dienone is 1. The number of halogens is 3. The third-order valence-corrected chi connectivity index (χ3v) is 8.88. The molecule has 6 nitrogen and oxygen atoms in total. The molecule has 0 bridgehead atoms. The molecular formula is C32H28Cl3N3O3S. The minimum atomic E-state index is -0.632. The molecule has 1 amide bonds. The first-order chi connectivity index (χ1) is 20.2. The summed E-state index contributed by atoms with van der Waals surface area (Å²) >= 11 is 19.8. The van der Waals surface area contributed by atoms with Gasteiger partial charge in [-0.1, -0.05) is 76.5 Å². The minimum absolute atomic E-state index is 0.138. The van der Waals surface area contributed by atoms with Crippen molar-refractivity contribution in [3.63, 3.8) is 0 Å². The fourth-order valence-electron chi connectivity index (χ4n) is 4.88. The average Bonchev–Trinajstić information content (AvgIpc) is 3.27. The van der Waals surface area contributed by atoms with Crippen molar-refractivity contribution in [1.29, 1.82) is 0 Å². The zero-order valence-electron chi connectivity index (χ0n) is 23.2. The number of rotatable bonds is 8. The monoisotopic (exact) mass is 639 g/mol. The number of likely N-dealkylation sites (N-methyl/N-ethyl adjacent to an activating group) is 1. The third-order valence-electron chi connectivity index (χ3n) is 7.05. The first-order valence-corrected chi connectivity index (χ1v) is 15.4. The van der Waals surface area contributed by atoms with Crippen LogP contribution in [0.5, 0.6) is 5.75 Å². The molecule has 3 aromatic carbocycles. The van der Waals surface area contributed by atoms with E-state index in [1.165, 1.54) is 11.3 Å². The van der Waals surface area contributed by atoms with E-state index in [0.29, 0.717) is 54.5 Å². The topological polar surface area (TPSA) is 63.9 Å². The van der Waals surface area contributed by atoms with Gasteiger partial charge < -0.3 is 9.64 Å². The van der Waals surface area contributed by atoms with Crippen molar-refractivity contribution in [3.05, 3.63) is 129 Å². The van der Waals surface area contributed by atoms with E-state index < -0.39 is 6.04 Å². The van der Waals surface area contributed by atoms with Crippen molar-refractivity contribution in [2.75, 3.05) is 13.1 Å². The maximum absolute atomic E-state index is 14.0. The lowest BCUT2D eigenvalue weighted by Crippen LogP contribution is -2.43. The average molecular weight is 641 g/mol. The third kappa shape index (κ3) is 6.20. The van der Waals surface area contributed by atoms with Crippen LogP contribution in [-0.4, -0.2) is 28.5 Å². The second-order valence-corrected chi connectivity index (χ2v) is 12.0. The summed E-state index contributed by atoms with van der Waals surface area (Å²) in [5.41, 5.74) is 3.24. The van der Waals surface area contributed by atoms with Crippen LogP contribution in [0.1, 0.15) is 43.5 Å². The molecule has 1 aliphatic heterocycles. The fourth-order valence-corrected chi connectivity index (χ4v) is 6.52. The van der Waals surface area contributed by atoms with Gasteiger partial charge in [0.05, 0.1) is 21.8 Å². The highest BCUT2D eigenvalue weighted by Gasteiger charge is 2.34. The van der Waals surface area contributed by atoms with Crippen molar-refractivity contribution in [3.8, 4) is 5.75 Å². The summed E-state index contributed by atoms with van der Waals surface area (Å²) in [5, 5.41) is 1.67. The van der Waals surface area contributed by atoms with Gasteiger partial charge in [0, 0.05) is 33.7 Å². The van der Waals surface area contributed by atoms with Gasteiger partial charge in [-0.25, -0.2) is 4.99 Å². The second kappa shape index (κ2) is 12.9. The van der Waals surface area contributed by atoms with Crippen LogP contribution < -0.4 is 19.6 Å². The number of nitrogens with zero attached hydrogens (tertiary/aromatic N) is 3. The fraction of sp³-hybridized carbons (Fsp3) is 0.219. The van der Waals surface area contributed by atoms with Gasteiger partial charge in [0.2, 0.25) is 0 Å². The zero-order valence-corrected chi connectivity index (χ0v) is 26.3. The van der Waals surface area contributed by atoms with Crippen molar-refractivity contribution in [1.82, 2.24) is 9.47 Å². The highest BCUT2D eigenvalue weighted by atomic mass is 35.5. The highest BCUT2D eigenvalue weighted by Crippen LogP contribution is 2.32. The summed E-state index contributed by atoms with van der Waals surface area (Å²) in [6.07, 6.45) is 1.82. The van der Waals surface area contributed by atoms with Gasteiger partial charge in [-0.15, -0.1) is 0 Å². The molecule has 0 aliphatic carbocycles. The van der Waals surface area contributed by atoms with Crippen molar-refractivity contribution in [2.45, 2.75) is 33.4 Å². The Morgan fingerprint density at radius 3 is 2.43 bits per heavy atom. The van der Waals surface area contributed by atoms with Gasteiger partial charge in [0.1, 0.15) is 12.4 Å². The van der Waals surface area contributed by atoms with E-state index in [4.69, 9.17) is 44.5 Å². The van der Waals surface area contributed by atoms with Crippen LogP contribution in [0.3, 0.4) is 0 Å². The Morgan fingerprint density at radius 1 is 1.02 bits per heavy atom. The van der Waals surface area contributed by atoms with E-state index in [1.54, 1.807) is 33.7 Å². The highest BCUT2D eigenvalue weighted by molar-refractivity contribution is 7.07. The van der Waals surface area contributed by atoms with E-state index >= 15 is 0 Å². The number of hydrogen-bond donors (Lipinski definition) is 0. The maximum Gasteiger partial charge on any atom is 0.271 e. The molecule has 1 atom stereocenters. The van der Waals surface area contributed by atoms with E-state index in [9.17, 15) is 9.59 Å². The lowest BCUT2D eigenvalue weighted by atomic mass is 9.94. The molecule has 0 fully saturated rings. The molecule has 0 N–H and O–H groups in total. The number of benzene rings is 3. The smallest absolute Gasteiger partial charge is 0.271 e. The van der Waals surface area contributed by atoms with Gasteiger partial charge >= 0.3 is 0 Å². The van der Waals surface area contributed by atoms with Gasteiger partial charge in [-0.2, -0.15) is 0 Å². The predicted octanol–water partition coefficient (Wildman–Crippen LogP) is 6.64. The van der Waals surface area contributed by atoms with E-state index in [-0.39, 0.29) is 18.1 Å². The summed E-state index contributed by atoms with van der Waals surface area (Å²) in [7, 11) is 0. The van der Waals surface area contributed by atoms with E-state index in [2.05, 4.69) is 0 Å². The largest absolute Gasteiger partial charge is 0.489 e. The lowest BCUT2D eigenvalue weighted by Gasteiger charge is -2.29. The summed E-state index contributed by atoms with van der Waals surface area (Å²) in [4.78, 5) is 34.7. The number of thiazole rings is 1. The molecule has 216 valence electrons. The van der Waals surface area contributed by atoms with Crippen molar-refractivity contribution < 1.29 is 9.53 Å². The number of amides is 1. The van der Waals surface area contributed by atoms with Gasteiger partial charge in [-0.05, 0) is 74.4 Å². The lowest BCUT2D eigenvalue weighted by molar-refractivity contribution is -0.127. The molecule has 1 aliphatic rings. The van der Waals surface area contributed by atoms with Crippen LogP contribution in [-0.2, 0) is 11.4 Å². The summed E-state index contributed by atoms with van der Waals surface area (Å²) in [6.45, 7) is 7.06. The van der Waals surface area contributed by atoms with Gasteiger partial charge in [-0.3, -0.25) is 14.2 Å². The molecule has 1 aromatic heterocycles. The van der Waals surface area contributed by atoms with Crippen LogP contribution >= 0.6 is 46.1 Å². The number of ether oxygens (including phenoxy) is 1. The van der Waals surface area contributed by atoms with Crippen LogP contribution in [0, 0.1) is 0 Å². The van der Waals surface area contributed by atoms with E-state index in [1.807, 2.05) is 69.3 Å². The van der Waals surface area contributed by atoms with Crippen LogP contribution in [0.2, 0.25) is 15.1 Å². The molecule has 0 saturated heterocycles. The second-order valence-electron chi connectivity index (χ2n) is 9.71. The quantitative estimate of drug-likeness (QED) is 0.217. The van der Waals surface area contributed by atoms with Gasteiger partial charge in [0.15, 0.2) is 4.80 Å². The molecule has 5 rings (SSSR count). The first-order valence-electron chi connectivity index (χ1n) is 13.4. The standard InChI is InChI=1S/C32H28Cl3N3O3S/c1-4-37(5-2)31(40)28-19(3)36-32-38(29(28)21-9-12-23(33)13-10-21)30(39)27(42-32)16-20-7-6-8-25(15-20)41-18-22-11-14-24(34)17-26(22)35/h6-17,29H,4-5,18H2,1-3H3/b27-16+/t29-/m1/s1. The molecule has 0 unspecified atom stereocenters. The van der Waals surface area contributed by atoms with Crippen molar-refractivity contribution in [2.24, 2.45) is 4.99 Å². The molecule has 0 radical (unpaired) electrons. The Morgan fingerprint density at radius 2 is 1.74 bits per heavy atom. The number of fused-ring (bicyclic) bond motifs is 1. The molecule has 0 saturated carbocycles. The number of aromatic nitrogens is 1. The Bertz CT molecular complexity index is 1860. The van der Waals surface area contributed by atoms with Crippen LogP contribution in [0.25, 0.3) is 6.08 Å². The summed E-state index contributed by atoms with van der Waals surface area (Å²) in [5.74, 6) is 0.491. The summed E-state index contributed by atoms with van der Waals surface area (Å²) < 4.78 is 8.09. The molecule has 4 aromatic rings. The normalized spacial score (nSPS) is 14.9. The Hall–Kier alpha value is -3.36. The number of carbonyl (C=O) groups is 1. The number of hydrogen-bond acceptors (Lipinski definition) is 5. The van der Waals surface area contributed by atoms with Gasteiger partial charge in [0.25, 0.3) is 11.5 Å².